The van der Waals surface area contributed by atoms with Crippen molar-refractivity contribution in [2.45, 2.75) is 32.1 Å². The van der Waals surface area contributed by atoms with E-state index < -0.39 is 5.97 Å². The van der Waals surface area contributed by atoms with E-state index in [1.165, 1.54) is 0 Å². The summed E-state index contributed by atoms with van der Waals surface area (Å²) in [5.74, 6) is 0.390. The molecule has 0 saturated carbocycles. The lowest BCUT2D eigenvalue weighted by atomic mass is 10.1. The number of aromatic nitrogens is 4. The fraction of sp³-hybridized carbons (Fsp3) is 0.265. The van der Waals surface area contributed by atoms with Crippen molar-refractivity contribution in [1.82, 2.24) is 19.9 Å². The third-order valence-corrected chi connectivity index (χ3v) is 7.53. The van der Waals surface area contributed by atoms with Gasteiger partial charge in [0.15, 0.2) is 0 Å². The molecule has 9 heteroatoms. The molecule has 0 aliphatic carbocycles. The summed E-state index contributed by atoms with van der Waals surface area (Å²) < 4.78 is 0. The summed E-state index contributed by atoms with van der Waals surface area (Å²) >= 11 is 11.5. The fourth-order valence-electron chi connectivity index (χ4n) is 5.08. The zero-order chi connectivity index (χ0) is 30.0. The van der Waals surface area contributed by atoms with Crippen molar-refractivity contribution in [3.8, 4) is 0 Å². The van der Waals surface area contributed by atoms with Gasteiger partial charge in [0.1, 0.15) is 0 Å². The summed E-state index contributed by atoms with van der Waals surface area (Å²) in [6.07, 6.45) is 7.71. The molecular weight excluding hydrogens is 581 g/mol. The van der Waals surface area contributed by atoms with Crippen LogP contribution in [0.1, 0.15) is 41.2 Å². The first-order chi connectivity index (χ1) is 21.0. The van der Waals surface area contributed by atoms with Gasteiger partial charge in [0.25, 0.3) is 0 Å². The van der Waals surface area contributed by atoms with E-state index in [0.29, 0.717) is 18.2 Å². The smallest absolute Gasteiger partial charge is 0.303 e. The minimum absolute atomic E-state index is 0.215. The Morgan fingerprint density at radius 1 is 0.744 bits per heavy atom. The molecule has 0 radical (unpaired) electrons. The number of carboxylic acid groups (broad SMARTS) is 1. The number of anilines is 1. The van der Waals surface area contributed by atoms with Crippen molar-refractivity contribution in [3.63, 3.8) is 0 Å². The van der Waals surface area contributed by atoms with Crippen LogP contribution in [0.2, 0.25) is 0 Å². The van der Waals surface area contributed by atoms with E-state index in [2.05, 4.69) is 68.4 Å². The molecule has 4 aromatic rings. The van der Waals surface area contributed by atoms with Crippen LogP contribution in [-0.4, -0.2) is 55.9 Å². The zero-order valence-corrected chi connectivity index (χ0v) is 25.4. The molecule has 43 heavy (non-hydrogen) atoms. The van der Waals surface area contributed by atoms with E-state index >= 15 is 0 Å². The standard InChI is InChI=1S/C20H16N4.C14H19Cl2NO2/c1-2-14-10-16-5-6-18(23-16)12-20-8-7-19(24-20)11-17-4-3-15(22-17)9-13(1)21-14;15-8-10-17(11-9-16)13-6-4-12(5-7-13)2-1-3-14(18)19/h1-6,9-12,22-23H,7-8H2;4-7H,1-3,8-11H2,(H,18,19). The van der Waals surface area contributed by atoms with Gasteiger partial charge in [-0.3, -0.25) is 9.78 Å². The van der Waals surface area contributed by atoms with E-state index in [0.717, 1.165) is 88.4 Å². The van der Waals surface area contributed by atoms with Gasteiger partial charge in [0, 0.05) is 70.4 Å². The Hall–Kier alpha value is -4.07. The summed E-state index contributed by atoms with van der Waals surface area (Å²) in [7, 11) is 0. The van der Waals surface area contributed by atoms with Gasteiger partial charge in [0.05, 0.1) is 11.4 Å². The number of nitrogens with zero attached hydrogens (tertiary/aromatic N) is 3. The Morgan fingerprint density at radius 3 is 1.74 bits per heavy atom. The number of carbonyl (C=O) groups is 1. The van der Waals surface area contributed by atoms with E-state index in [9.17, 15) is 4.79 Å². The third-order valence-electron chi connectivity index (χ3n) is 7.19. The molecule has 6 rings (SSSR count). The van der Waals surface area contributed by atoms with Gasteiger partial charge in [-0.1, -0.05) is 12.1 Å². The number of alkyl halides is 2. The third kappa shape index (κ3) is 8.96. The highest BCUT2D eigenvalue weighted by atomic mass is 35.5. The van der Waals surface area contributed by atoms with Crippen molar-refractivity contribution in [1.29, 1.82) is 0 Å². The van der Waals surface area contributed by atoms with Crippen LogP contribution in [0.5, 0.6) is 0 Å². The number of carboxylic acids is 1. The Labute approximate surface area is 261 Å². The van der Waals surface area contributed by atoms with Crippen LogP contribution in [0.3, 0.4) is 0 Å². The van der Waals surface area contributed by atoms with Gasteiger partial charge in [-0.15, -0.1) is 23.2 Å². The molecule has 5 heterocycles. The number of halogens is 2. The van der Waals surface area contributed by atoms with E-state index in [1.54, 1.807) is 0 Å². The highest BCUT2D eigenvalue weighted by Crippen LogP contribution is 2.18. The van der Waals surface area contributed by atoms with Gasteiger partial charge in [-0.2, -0.15) is 0 Å². The monoisotopic (exact) mass is 615 g/mol. The molecular formula is C34H35Cl2N5O2. The predicted molar refractivity (Wildman–Crippen MR) is 178 cm³/mol. The maximum atomic E-state index is 10.4. The molecule has 0 spiro atoms. The molecule has 222 valence electrons. The van der Waals surface area contributed by atoms with Crippen LogP contribution in [-0.2, 0) is 24.1 Å². The maximum Gasteiger partial charge on any atom is 0.303 e. The summed E-state index contributed by atoms with van der Waals surface area (Å²) in [5, 5.41) is 8.59. The van der Waals surface area contributed by atoms with Crippen molar-refractivity contribution in [3.05, 3.63) is 101 Å². The predicted octanol–water partition coefficient (Wildman–Crippen LogP) is 7.65. The van der Waals surface area contributed by atoms with Crippen LogP contribution in [0.25, 0.3) is 34.2 Å². The molecule has 2 aliphatic rings. The summed E-state index contributed by atoms with van der Waals surface area (Å²) in [6.45, 7) is 1.54. The summed E-state index contributed by atoms with van der Waals surface area (Å²) in [5.41, 5.74) is 10.7. The minimum atomic E-state index is -0.743. The lowest BCUT2D eigenvalue weighted by molar-refractivity contribution is -0.137. The van der Waals surface area contributed by atoms with Gasteiger partial charge in [0.2, 0.25) is 0 Å². The topological polar surface area (TPSA) is 97.9 Å². The van der Waals surface area contributed by atoms with Crippen LogP contribution < -0.4 is 4.90 Å². The highest BCUT2D eigenvalue weighted by Gasteiger charge is 2.07. The molecule has 3 aromatic heterocycles. The molecule has 8 bridgehead atoms. The number of hydrogen-bond donors (Lipinski definition) is 3. The van der Waals surface area contributed by atoms with Gasteiger partial charge >= 0.3 is 5.97 Å². The number of hydrogen-bond acceptors (Lipinski definition) is 4. The summed E-state index contributed by atoms with van der Waals surface area (Å²) in [6, 6.07) is 24.8. The van der Waals surface area contributed by atoms with E-state index in [1.807, 2.05) is 36.4 Å². The lowest BCUT2D eigenvalue weighted by Crippen LogP contribution is -2.27. The van der Waals surface area contributed by atoms with Gasteiger partial charge < -0.3 is 20.0 Å². The Kier molecular flexibility index (Phi) is 10.5. The second-order valence-corrected chi connectivity index (χ2v) is 11.2. The van der Waals surface area contributed by atoms with Crippen LogP contribution in [0.4, 0.5) is 5.69 Å². The zero-order valence-electron chi connectivity index (χ0n) is 23.9. The summed E-state index contributed by atoms with van der Waals surface area (Å²) in [4.78, 5) is 28.8. The molecule has 0 fully saturated rings. The number of aromatic amines is 2. The second kappa shape index (κ2) is 14.9. The quantitative estimate of drug-likeness (QED) is 0.148. The van der Waals surface area contributed by atoms with Gasteiger partial charge in [-0.25, -0.2) is 4.98 Å². The molecule has 0 atom stereocenters. The van der Waals surface area contributed by atoms with E-state index in [-0.39, 0.29) is 6.42 Å². The molecule has 7 nitrogen and oxygen atoms in total. The van der Waals surface area contributed by atoms with E-state index in [4.69, 9.17) is 33.3 Å². The lowest BCUT2D eigenvalue weighted by Gasteiger charge is -2.23. The number of benzene rings is 1. The number of nitrogens with one attached hydrogen (secondary N) is 2. The number of aliphatic carboxylic acids is 1. The average Bonchev–Trinajstić information content (AvgIpc) is 3.80. The van der Waals surface area contributed by atoms with Crippen LogP contribution >= 0.6 is 23.2 Å². The van der Waals surface area contributed by atoms with Crippen LogP contribution in [0, 0.1) is 0 Å². The normalized spacial score (nSPS) is 12.0. The van der Waals surface area contributed by atoms with Crippen molar-refractivity contribution < 1.29 is 9.90 Å². The number of H-pyrrole nitrogens is 2. The Bertz CT molecular complexity index is 1640. The Morgan fingerprint density at radius 2 is 1.26 bits per heavy atom. The fourth-order valence-corrected chi connectivity index (χ4v) is 5.49. The molecule has 0 saturated heterocycles. The van der Waals surface area contributed by atoms with Gasteiger partial charge in [-0.05, 0) is 104 Å². The average molecular weight is 617 g/mol. The second-order valence-electron chi connectivity index (χ2n) is 10.5. The first-order valence-corrected chi connectivity index (χ1v) is 15.6. The SMILES string of the molecule is C1=Cc2cc3ccc(cc4nc(cc5ccc(cc1n2)[nH]5)CC4)[nH]3.O=C(O)CCCc1ccc(N(CCCl)CCCl)cc1. The van der Waals surface area contributed by atoms with Crippen molar-refractivity contribution >= 4 is 69.1 Å². The number of aryl methyl sites for hydroxylation is 3. The van der Waals surface area contributed by atoms with Crippen molar-refractivity contribution in [2.24, 2.45) is 0 Å². The largest absolute Gasteiger partial charge is 0.481 e. The molecule has 1 aromatic carbocycles. The number of fused-ring (bicyclic) bond motifs is 8. The maximum absolute atomic E-state index is 10.4. The molecule has 0 unspecified atom stereocenters. The van der Waals surface area contributed by atoms with Crippen molar-refractivity contribution in [2.75, 3.05) is 29.7 Å². The highest BCUT2D eigenvalue weighted by molar-refractivity contribution is 6.18. The number of rotatable bonds is 9. The molecule has 3 N–H and O–H groups in total. The minimum Gasteiger partial charge on any atom is -0.481 e. The molecule has 0 amide bonds. The Balaban J connectivity index is 0.000000177. The first-order valence-electron chi connectivity index (χ1n) is 14.5. The molecule has 2 aliphatic heterocycles. The van der Waals surface area contributed by atoms with Crippen LogP contribution in [0.15, 0.2) is 72.8 Å². The first kappa shape index (κ1) is 30.4.